The lowest BCUT2D eigenvalue weighted by molar-refractivity contribution is 0.453. The lowest BCUT2D eigenvalue weighted by Gasteiger charge is -1.99. The molecule has 0 bridgehead atoms. The lowest BCUT2D eigenvalue weighted by Crippen LogP contribution is -1.87. The van der Waals surface area contributed by atoms with Gasteiger partial charge in [-0.2, -0.15) is 4.98 Å². The van der Waals surface area contributed by atoms with Crippen molar-refractivity contribution in [3.8, 4) is 17.3 Å². The highest BCUT2D eigenvalue weighted by Crippen LogP contribution is 2.20. The minimum atomic E-state index is -0.0463. The number of benzene rings is 1. The second-order valence-corrected chi connectivity index (χ2v) is 3.19. The first-order valence-corrected chi connectivity index (χ1v) is 4.41. The molecular weight excluding hydrogens is 200 g/mol. The molecule has 3 nitrogen and oxygen atoms in total. The minimum Gasteiger partial charge on any atom is -0.493 e. The van der Waals surface area contributed by atoms with Crippen LogP contribution in [0.5, 0.6) is 5.88 Å². The molecule has 4 heteroatoms. The van der Waals surface area contributed by atoms with Gasteiger partial charge in [0.2, 0.25) is 5.88 Å². The first-order chi connectivity index (χ1) is 6.75. The Morgan fingerprint density at radius 1 is 1.21 bits per heavy atom. The average molecular weight is 207 g/mol. The highest BCUT2D eigenvalue weighted by atomic mass is 35.5. The Kier molecular flexibility index (Phi) is 2.33. The number of rotatable bonds is 1. The monoisotopic (exact) mass is 206 g/mol. The maximum atomic E-state index is 9.16. The van der Waals surface area contributed by atoms with Crippen molar-refractivity contribution >= 4 is 11.6 Å². The zero-order valence-corrected chi connectivity index (χ0v) is 7.94. The van der Waals surface area contributed by atoms with Crippen molar-refractivity contribution in [3.63, 3.8) is 0 Å². The molecule has 0 atom stereocenters. The fourth-order valence-electron chi connectivity index (χ4n) is 1.12. The number of hydrogen-bond donors (Lipinski definition) is 1. The van der Waals surface area contributed by atoms with Crippen LogP contribution in [0.1, 0.15) is 0 Å². The molecule has 0 amide bonds. The Morgan fingerprint density at radius 2 is 2.07 bits per heavy atom. The van der Waals surface area contributed by atoms with Crippen LogP contribution < -0.4 is 0 Å². The first kappa shape index (κ1) is 8.97. The molecule has 2 rings (SSSR count). The highest BCUT2D eigenvalue weighted by Gasteiger charge is 2.01. The van der Waals surface area contributed by atoms with Crippen LogP contribution in [-0.2, 0) is 0 Å². The molecular formula is C10H7ClN2O. The topological polar surface area (TPSA) is 46.0 Å². The van der Waals surface area contributed by atoms with E-state index in [1.54, 1.807) is 12.1 Å². The van der Waals surface area contributed by atoms with E-state index >= 15 is 0 Å². The number of aromatic hydroxyl groups is 1. The Labute approximate surface area is 86.0 Å². The van der Waals surface area contributed by atoms with Crippen LogP contribution in [0, 0.1) is 0 Å². The lowest BCUT2D eigenvalue weighted by atomic mass is 10.2. The van der Waals surface area contributed by atoms with Crippen molar-refractivity contribution in [1.82, 2.24) is 9.97 Å². The largest absolute Gasteiger partial charge is 0.493 e. The van der Waals surface area contributed by atoms with Crippen molar-refractivity contribution in [2.24, 2.45) is 0 Å². The minimum absolute atomic E-state index is 0.0463. The normalized spacial score (nSPS) is 10.1. The fraction of sp³-hybridized carbons (Fsp3) is 0. The van der Waals surface area contributed by atoms with E-state index in [2.05, 4.69) is 9.97 Å². The molecule has 70 valence electrons. The van der Waals surface area contributed by atoms with Gasteiger partial charge >= 0.3 is 0 Å². The summed E-state index contributed by atoms with van der Waals surface area (Å²) in [5.41, 5.74) is 0.786. The Morgan fingerprint density at radius 3 is 2.79 bits per heavy atom. The second kappa shape index (κ2) is 3.64. The molecule has 0 saturated carbocycles. The first-order valence-electron chi connectivity index (χ1n) is 4.03. The molecule has 0 unspecified atom stereocenters. The van der Waals surface area contributed by atoms with Crippen LogP contribution in [-0.4, -0.2) is 15.1 Å². The summed E-state index contributed by atoms with van der Waals surface area (Å²) < 4.78 is 0. The third-order valence-corrected chi connectivity index (χ3v) is 1.96. The van der Waals surface area contributed by atoms with Gasteiger partial charge in [-0.25, -0.2) is 4.98 Å². The second-order valence-electron chi connectivity index (χ2n) is 2.75. The zero-order valence-electron chi connectivity index (χ0n) is 7.18. The number of hydrogen-bond acceptors (Lipinski definition) is 3. The maximum Gasteiger partial charge on any atom is 0.214 e. The SMILES string of the molecule is Oc1ccnc(-c2cccc(Cl)c2)n1. The van der Waals surface area contributed by atoms with Crippen molar-refractivity contribution in [2.45, 2.75) is 0 Å². The molecule has 0 aliphatic heterocycles. The van der Waals surface area contributed by atoms with Gasteiger partial charge in [0.25, 0.3) is 0 Å². The number of halogens is 1. The van der Waals surface area contributed by atoms with Gasteiger partial charge in [-0.15, -0.1) is 0 Å². The maximum absolute atomic E-state index is 9.16. The van der Waals surface area contributed by atoms with Crippen LogP contribution in [0.2, 0.25) is 5.02 Å². The van der Waals surface area contributed by atoms with Crippen LogP contribution in [0.4, 0.5) is 0 Å². The van der Waals surface area contributed by atoms with Crippen LogP contribution in [0.15, 0.2) is 36.5 Å². The van der Waals surface area contributed by atoms with Gasteiger partial charge in [-0.1, -0.05) is 23.7 Å². The molecule has 0 aliphatic carbocycles. The highest BCUT2D eigenvalue weighted by molar-refractivity contribution is 6.30. The number of nitrogens with zero attached hydrogens (tertiary/aromatic N) is 2. The van der Waals surface area contributed by atoms with E-state index in [0.29, 0.717) is 10.8 Å². The summed E-state index contributed by atoms with van der Waals surface area (Å²) in [7, 11) is 0. The van der Waals surface area contributed by atoms with Gasteiger partial charge in [-0.3, -0.25) is 0 Å². The van der Waals surface area contributed by atoms with E-state index in [1.807, 2.05) is 12.1 Å². The molecule has 0 radical (unpaired) electrons. The molecule has 1 heterocycles. The summed E-state index contributed by atoms with van der Waals surface area (Å²) in [6.45, 7) is 0. The molecule has 1 aromatic carbocycles. The zero-order chi connectivity index (χ0) is 9.97. The summed E-state index contributed by atoms with van der Waals surface area (Å²) in [6.07, 6.45) is 1.50. The summed E-state index contributed by atoms with van der Waals surface area (Å²) in [6, 6.07) is 8.59. The van der Waals surface area contributed by atoms with E-state index in [4.69, 9.17) is 16.7 Å². The van der Waals surface area contributed by atoms with Crippen molar-refractivity contribution in [2.75, 3.05) is 0 Å². The molecule has 1 N–H and O–H groups in total. The molecule has 2 aromatic rings. The summed E-state index contributed by atoms with van der Waals surface area (Å²) in [5, 5.41) is 9.78. The van der Waals surface area contributed by atoms with Crippen LogP contribution in [0.25, 0.3) is 11.4 Å². The molecule has 0 fully saturated rings. The van der Waals surface area contributed by atoms with E-state index < -0.39 is 0 Å². The average Bonchev–Trinajstić information content (AvgIpc) is 2.18. The van der Waals surface area contributed by atoms with E-state index in [9.17, 15) is 0 Å². The van der Waals surface area contributed by atoms with Gasteiger partial charge in [0.1, 0.15) is 0 Å². The Hall–Kier alpha value is -1.61. The fourth-order valence-corrected chi connectivity index (χ4v) is 1.31. The third kappa shape index (κ3) is 1.83. The quantitative estimate of drug-likeness (QED) is 0.780. The van der Waals surface area contributed by atoms with E-state index in [-0.39, 0.29) is 5.88 Å². The third-order valence-electron chi connectivity index (χ3n) is 1.72. The summed E-state index contributed by atoms with van der Waals surface area (Å²) in [5.74, 6) is 0.419. The van der Waals surface area contributed by atoms with Crippen molar-refractivity contribution in [1.29, 1.82) is 0 Å². The van der Waals surface area contributed by atoms with Crippen LogP contribution >= 0.6 is 11.6 Å². The van der Waals surface area contributed by atoms with Gasteiger partial charge < -0.3 is 5.11 Å². The van der Waals surface area contributed by atoms with E-state index in [0.717, 1.165) is 5.56 Å². The van der Waals surface area contributed by atoms with Gasteiger partial charge in [0, 0.05) is 22.8 Å². The number of aromatic nitrogens is 2. The Balaban J connectivity index is 2.49. The molecule has 14 heavy (non-hydrogen) atoms. The van der Waals surface area contributed by atoms with Crippen molar-refractivity contribution in [3.05, 3.63) is 41.6 Å². The Bertz CT molecular complexity index is 416. The predicted octanol–water partition coefficient (Wildman–Crippen LogP) is 2.50. The molecule has 0 aliphatic rings. The molecule has 0 saturated heterocycles. The standard InChI is InChI=1S/C10H7ClN2O/c11-8-3-1-2-7(6-8)10-12-5-4-9(14)13-10/h1-6H,(H,12,13,14). The summed E-state index contributed by atoms with van der Waals surface area (Å²) in [4.78, 5) is 7.89. The van der Waals surface area contributed by atoms with Gasteiger partial charge in [0.15, 0.2) is 5.82 Å². The van der Waals surface area contributed by atoms with Crippen molar-refractivity contribution < 1.29 is 5.11 Å². The van der Waals surface area contributed by atoms with E-state index in [1.165, 1.54) is 12.3 Å². The molecule has 0 spiro atoms. The van der Waals surface area contributed by atoms with Gasteiger partial charge in [0.05, 0.1) is 0 Å². The smallest absolute Gasteiger partial charge is 0.214 e. The predicted molar refractivity (Wildman–Crippen MR) is 54.1 cm³/mol. The van der Waals surface area contributed by atoms with Gasteiger partial charge in [-0.05, 0) is 12.1 Å². The van der Waals surface area contributed by atoms with Crippen LogP contribution in [0.3, 0.4) is 0 Å². The summed E-state index contributed by atoms with van der Waals surface area (Å²) >= 11 is 5.82. The molecule has 1 aromatic heterocycles.